The minimum Gasteiger partial charge on any atom is -0.497 e. The molecule has 372 valence electrons. The molecular formula is C64H58N2O8. The number of anilines is 2. The highest BCUT2D eigenvalue weighted by Crippen LogP contribution is 2.55. The van der Waals surface area contributed by atoms with Gasteiger partial charge in [-0.2, -0.15) is 0 Å². The normalized spacial score (nSPS) is 13.7. The van der Waals surface area contributed by atoms with E-state index in [1.165, 1.54) is 9.80 Å². The highest BCUT2D eigenvalue weighted by atomic mass is 16.5. The molecule has 4 amide bonds. The Hall–Kier alpha value is -8.24. The number of imide groups is 2. The third-order valence-corrected chi connectivity index (χ3v) is 15.4. The maximum absolute atomic E-state index is 15.9. The fourth-order valence-corrected chi connectivity index (χ4v) is 11.9. The van der Waals surface area contributed by atoms with Crippen molar-refractivity contribution >= 4 is 78.1 Å². The Bertz CT molecular complexity index is 3600. The monoisotopic (exact) mass is 982 g/mol. The van der Waals surface area contributed by atoms with E-state index in [1.807, 2.05) is 109 Å². The van der Waals surface area contributed by atoms with Crippen LogP contribution in [0, 0.1) is 0 Å². The number of hydrogen-bond donors (Lipinski definition) is 0. The molecule has 9 aromatic carbocycles. The van der Waals surface area contributed by atoms with Gasteiger partial charge in [0.25, 0.3) is 23.6 Å². The lowest BCUT2D eigenvalue weighted by Crippen LogP contribution is -2.42. The number of hydrogen-bond acceptors (Lipinski definition) is 8. The lowest BCUT2D eigenvalue weighted by molar-refractivity contribution is 0.0877. The molecule has 0 bridgehead atoms. The Labute approximate surface area is 430 Å². The quantitative estimate of drug-likeness (QED) is 0.0676. The predicted molar refractivity (Wildman–Crippen MR) is 296 cm³/mol. The Morgan fingerprint density at radius 1 is 0.324 bits per heavy atom. The number of carbonyl (C=O) groups excluding carboxylic acids is 4. The van der Waals surface area contributed by atoms with Crippen molar-refractivity contribution in [3.05, 3.63) is 154 Å². The number of ether oxygens (including phenoxy) is 4. The first-order valence-electron chi connectivity index (χ1n) is 25.3. The number of methoxy groups -OCH3 is 4. The van der Waals surface area contributed by atoms with Gasteiger partial charge in [0.15, 0.2) is 0 Å². The van der Waals surface area contributed by atoms with Gasteiger partial charge in [-0.1, -0.05) is 104 Å². The van der Waals surface area contributed by atoms with Gasteiger partial charge in [0.05, 0.1) is 39.8 Å². The number of carbonyl (C=O) groups is 4. The predicted octanol–water partition coefficient (Wildman–Crippen LogP) is 15.2. The minimum atomic E-state index is -0.450. The highest BCUT2D eigenvalue weighted by Gasteiger charge is 2.42. The average Bonchev–Trinajstić information content (AvgIpc) is 3.40. The summed E-state index contributed by atoms with van der Waals surface area (Å²) in [7, 11) is 6.41. The molecule has 2 heterocycles. The summed E-state index contributed by atoms with van der Waals surface area (Å²) in [4.78, 5) is 65.6. The maximum Gasteiger partial charge on any atom is 0.266 e. The van der Waals surface area contributed by atoms with Gasteiger partial charge in [-0.05, 0) is 150 Å². The zero-order valence-corrected chi connectivity index (χ0v) is 43.9. The lowest BCUT2D eigenvalue weighted by Gasteiger charge is -2.34. The summed E-state index contributed by atoms with van der Waals surface area (Å²) in [5, 5.41) is 5.18. The molecule has 0 aromatic heterocycles. The van der Waals surface area contributed by atoms with Crippen molar-refractivity contribution in [1.82, 2.24) is 0 Å². The van der Waals surface area contributed by atoms with Crippen LogP contribution in [0.3, 0.4) is 0 Å². The Kier molecular flexibility index (Phi) is 11.5. The number of fused-ring (bicyclic) bond motifs is 2. The number of nitrogens with zero attached hydrogens (tertiary/aromatic N) is 2. The first kappa shape index (κ1) is 48.1. The van der Waals surface area contributed by atoms with Crippen molar-refractivity contribution in [2.75, 3.05) is 38.2 Å². The molecule has 0 aliphatic carbocycles. The summed E-state index contributed by atoms with van der Waals surface area (Å²) in [6.07, 6.45) is 0. The van der Waals surface area contributed by atoms with Crippen LogP contribution in [-0.2, 0) is 0 Å². The number of benzene rings is 9. The van der Waals surface area contributed by atoms with E-state index in [1.54, 1.807) is 28.4 Å². The number of rotatable bonds is 12. The molecule has 0 radical (unpaired) electrons. The zero-order valence-electron chi connectivity index (χ0n) is 43.9. The zero-order chi connectivity index (χ0) is 52.3. The van der Waals surface area contributed by atoms with E-state index < -0.39 is 23.6 Å². The van der Waals surface area contributed by atoms with Crippen molar-refractivity contribution in [2.45, 2.75) is 79.1 Å². The highest BCUT2D eigenvalue weighted by molar-refractivity contribution is 6.48. The van der Waals surface area contributed by atoms with Crippen LogP contribution in [0.1, 0.15) is 143 Å². The van der Waals surface area contributed by atoms with Gasteiger partial charge in [0.1, 0.15) is 23.0 Å². The van der Waals surface area contributed by atoms with Crippen LogP contribution < -0.4 is 28.7 Å². The minimum absolute atomic E-state index is 0.00337. The van der Waals surface area contributed by atoms with Crippen molar-refractivity contribution < 1.29 is 38.1 Å². The van der Waals surface area contributed by atoms with Crippen LogP contribution in [0.4, 0.5) is 11.4 Å². The van der Waals surface area contributed by atoms with Gasteiger partial charge in [0.2, 0.25) is 0 Å². The Morgan fingerprint density at radius 2 is 0.662 bits per heavy atom. The van der Waals surface area contributed by atoms with Crippen LogP contribution in [0.25, 0.3) is 65.3 Å². The van der Waals surface area contributed by atoms with Gasteiger partial charge >= 0.3 is 0 Å². The number of para-hydroxylation sites is 2. The SMILES string of the molecule is COc1ccc(OC)c(-c2cc3c4c(ccc5c6c(-c7cc(OC)ccc7OC)cc7c8c(ccc(c2c45)c86)C(=O)N(c2c(C(C)C)cccc2C(C)C)C7=O)C(=O)N(c2c(C(C)C)cccc2C(C)C)C3=O)c1. The standard InChI is InChI=1S/C64H58N2O8/c1-31(2)37-15-13-16-38(32(3)4)59(37)65-61(67)43-23-21-41-54-48(46-28-36(72-10)20-26-52(46)74-12)30-50-56-44(62(68)66(64(50)70)60-39(33(5)6)17-14-18-40(60)34(7)8)24-22-42(58(54)56)53-47(29-49(63(65)69)55(43)57(41)53)45-27-35(71-9)19-25-51(45)73-11/h13-34H,1-12H3. The molecule has 0 N–H and O–H groups in total. The summed E-state index contributed by atoms with van der Waals surface area (Å²) >= 11 is 0. The molecule has 10 heteroatoms. The second kappa shape index (κ2) is 17.8. The van der Waals surface area contributed by atoms with Gasteiger partial charge in [0, 0.05) is 44.2 Å². The molecule has 2 aliphatic heterocycles. The topological polar surface area (TPSA) is 112 Å². The summed E-state index contributed by atoms with van der Waals surface area (Å²) in [5.74, 6) is 0.406. The van der Waals surface area contributed by atoms with Gasteiger partial charge < -0.3 is 18.9 Å². The summed E-state index contributed by atoms with van der Waals surface area (Å²) < 4.78 is 24.0. The molecule has 10 nitrogen and oxygen atoms in total. The second-order valence-electron chi connectivity index (χ2n) is 20.7. The molecule has 0 atom stereocenters. The first-order chi connectivity index (χ1) is 35.6. The molecular weight excluding hydrogens is 925 g/mol. The van der Waals surface area contributed by atoms with Gasteiger partial charge in [-0.15, -0.1) is 0 Å². The molecule has 2 aliphatic rings. The van der Waals surface area contributed by atoms with Crippen LogP contribution in [0.5, 0.6) is 23.0 Å². The Balaban J connectivity index is 1.35. The molecule has 0 saturated heterocycles. The summed E-state index contributed by atoms with van der Waals surface area (Å²) in [6.45, 7) is 16.6. The van der Waals surface area contributed by atoms with Crippen LogP contribution in [-0.4, -0.2) is 52.1 Å². The van der Waals surface area contributed by atoms with Crippen LogP contribution in [0.2, 0.25) is 0 Å². The third-order valence-electron chi connectivity index (χ3n) is 15.4. The third kappa shape index (κ3) is 6.83. The van der Waals surface area contributed by atoms with E-state index >= 15 is 19.2 Å². The van der Waals surface area contributed by atoms with Crippen molar-refractivity contribution in [2.24, 2.45) is 0 Å². The van der Waals surface area contributed by atoms with Crippen LogP contribution in [0.15, 0.2) is 109 Å². The van der Waals surface area contributed by atoms with E-state index in [-0.39, 0.29) is 23.7 Å². The average molecular weight is 983 g/mol. The van der Waals surface area contributed by atoms with Gasteiger partial charge in [-0.3, -0.25) is 19.2 Å². The molecule has 11 rings (SSSR count). The molecule has 74 heavy (non-hydrogen) atoms. The summed E-state index contributed by atoms with van der Waals surface area (Å²) in [6, 6.07) is 34.4. The van der Waals surface area contributed by atoms with E-state index in [9.17, 15) is 0 Å². The fourth-order valence-electron chi connectivity index (χ4n) is 11.9. The molecule has 0 fully saturated rings. The van der Waals surface area contributed by atoms with Crippen molar-refractivity contribution in [3.63, 3.8) is 0 Å². The van der Waals surface area contributed by atoms with Crippen molar-refractivity contribution in [3.8, 4) is 45.3 Å². The maximum atomic E-state index is 15.9. The largest absolute Gasteiger partial charge is 0.497 e. The number of amides is 4. The smallest absolute Gasteiger partial charge is 0.266 e. The van der Waals surface area contributed by atoms with E-state index in [4.69, 9.17) is 18.9 Å². The second-order valence-corrected chi connectivity index (χ2v) is 20.7. The molecule has 0 unspecified atom stereocenters. The lowest BCUT2D eigenvalue weighted by atomic mass is 9.77. The van der Waals surface area contributed by atoms with Gasteiger partial charge in [-0.25, -0.2) is 9.80 Å². The van der Waals surface area contributed by atoms with E-state index in [0.29, 0.717) is 122 Å². The molecule has 0 spiro atoms. The first-order valence-corrected chi connectivity index (χ1v) is 25.3. The Morgan fingerprint density at radius 3 is 0.973 bits per heavy atom. The van der Waals surface area contributed by atoms with E-state index in [2.05, 4.69) is 55.4 Å². The summed E-state index contributed by atoms with van der Waals surface area (Å²) in [5.41, 5.74) is 8.75. The van der Waals surface area contributed by atoms with Crippen molar-refractivity contribution in [1.29, 1.82) is 0 Å². The fraction of sp³-hybridized carbons (Fsp3) is 0.250. The molecule has 9 aromatic rings. The molecule has 0 saturated carbocycles. The van der Waals surface area contributed by atoms with E-state index in [0.717, 1.165) is 22.3 Å². The van der Waals surface area contributed by atoms with Crippen LogP contribution >= 0.6 is 0 Å².